The first-order valence-corrected chi connectivity index (χ1v) is 7.09. The fourth-order valence-electron chi connectivity index (χ4n) is 2.40. The lowest BCUT2D eigenvalue weighted by Gasteiger charge is -2.19. The summed E-state index contributed by atoms with van der Waals surface area (Å²) in [6.45, 7) is 5.58. The Morgan fingerprint density at radius 2 is 2.21 bits per heavy atom. The Morgan fingerprint density at radius 1 is 1.53 bits per heavy atom. The van der Waals surface area contributed by atoms with E-state index in [1.165, 1.54) is 0 Å². The number of carbonyl (C=O) groups excluding carboxylic acids is 1. The molecule has 1 aromatic carbocycles. The van der Waals surface area contributed by atoms with Crippen molar-refractivity contribution < 1.29 is 4.79 Å². The minimum atomic E-state index is 0. The van der Waals surface area contributed by atoms with Crippen LogP contribution in [0.5, 0.6) is 0 Å². The van der Waals surface area contributed by atoms with Gasteiger partial charge in [0.2, 0.25) is 0 Å². The molecular weight excluding hydrogens is 328 g/mol. The molecule has 2 atom stereocenters. The first-order chi connectivity index (χ1) is 8.49. The number of rotatable bonds is 2. The number of hydrogen-bond donors (Lipinski definition) is 1. The van der Waals surface area contributed by atoms with Crippen molar-refractivity contribution in [2.24, 2.45) is 11.7 Å². The third kappa shape index (κ3) is 3.71. The zero-order chi connectivity index (χ0) is 13.3. The SMILES string of the molecule is Cc1ccc(Br)cc1C(=O)N1CCC(C(C)N)C1.Cl. The van der Waals surface area contributed by atoms with Crippen molar-refractivity contribution in [2.75, 3.05) is 13.1 Å². The molecule has 3 nitrogen and oxygen atoms in total. The first-order valence-electron chi connectivity index (χ1n) is 6.30. The maximum absolute atomic E-state index is 12.5. The molecule has 106 valence electrons. The Balaban J connectivity index is 0.00000180. The van der Waals surface area contributed by atoms with E-state index in [0.717, 1.165) is 35.1 Å². The summed E-state index contributed by atoms with van der Waals surface area (Å²) < 4.78 is 0.944. The fraction of sp³-hybridized carbons (Fsp3) is 0.500. The number of aryl methyl sites for hydroxylation is 1. The van der Waals surface area contributed by atoms with E-state index in [9.17, 15) is 4.79 Å². The maximum Gasteiger partial charge on any atom is 0.254 e. The van der Waals surface area contributed by atoms with E-state index < -0.39 is 0 Å². The predicted octanol–water partition coefficient (Wildman–Crippen LogP) is 2.99. The molecule has 1 aliphatic rings. The largest absolute Gasteiger partial charge is 0.338 e. The number of nitrogens with zero attached hydrogens (tertiary/aromatic N) is 1. The van der Waals surface area contributed by atoms with Crippen LogP contribution in [0.25, 0.3) is 0 Å². The van der Waals surface area contributed by atoms with Crippen LogP contribution in [0.2, 0.25) is 0 Å². The normalized spacial score (nSPS) is 20.0. The van der Waals surface area contributed by atoms with Gasteiger partial charge in [0.25, 0.3) is 5.91 Å². The van der Waals surface area contributed by atoms with E-state index >= 15 is 0 Å². The topological polar surface area (TPSA) is 46.3 Å². The van der Waals surface area contributed by atoms with Gasteiger partial charge in [0, 0.05) is 29.2 Å². The summed E-state index contributed by atoms with van der Waals surface area (Å²) in [7, 11) is 0. The van der Waals surface area contributed by atoms with Crippen LogP contribution in [0.15, 0.2) is 22.7 Å². The first kappa shape index (κ1) is 16.5. The highest BCUT2D eigenvalue weighted by atomic mass is 79.9. The average Bonchev–Trinajstić information content (AvgIpc) is 2.81. The Hall–Kier alpha value is -0.580. The summed E-state index contributed by atoms with van der Waals surface area (Å²) >= 11 is 3.42. The molecular formula is C14H20BrClN2O. The van der Waals surface area contributed by atoms with E-state index in [0.29, 0.717) is 5.92 Å². The van der Waals surface area contributed by atoms with Gasteiger partial charge in [0.05, 0.1) is 0 Å². The molecule has 1 amide bonds. The number of nitrogens with two attached hydrogens (primary N) is 1. The Kier molecular flexibility index (Phi) is 5.83. The Morgan fingerprint density at radius 3 is 2.79 bits per heavy atom. The summed E-state index contributed by atoms with van der Waals surface area (Å²) in [5.41, 5.74) is 7.71. The van der Waals surface area contributed by atoms with Gasteiger partial charge >= 0.3 is 0 Å². The molecule has 1 saturated heterocycles. The van der Waals surface area contributed by atoms with Crippen molar-refractivity contribution >= 4 is 34.2 Å². The fourth-order valence-corrected chi connectivity index (χ4v) is 2.76. The third-order valence-electron chi connectivity index (χ3n) is 3.69. The van der Waals surface area contributed by atoms with Crippen molar-refractivity contribution in [3.8, 4) is 0 Å². The van der Waals surface area contributed by atoms with Crippen LogP contribution in [0.4, 0.5) is 0 Å². The molecule has 0 radical (unpaired) electrons. The highest BCUT2D eigenvalue weighted by Gasteiger charge is 2.29. The summed E-state index contributed by atoms with van der Waals surface area (Å²) in [5, 5.41) is 0. The second-order valence-corrected chi connectivity index (χ2v) is 6.03. The number of likely N-dealkylation sites (tertiary alicyclic amines) is 1. The van der Waals surface area contributed by atoms with E-state index in [1.807, 2.05) is 36.9 Å². The minimum Gasteiger partial charge on any atom is -0.338 e. The van der Waals surface area contributed by atoms with Gasteiger partial charge < -0.3 is 10.6 Å². The number of halogens is 2. The molecule has 1 aliphatic heterocycles. The maximum atomic E-state index is 12.5. The van der Waals surface area contributed by atoms with Gasteiger partial charge in [0.15, 0.2) is 0 Å². The van der Waals surface area contributed by atoms with Crippen LogP contribution in [-0.2, 0) is 0 Å². The summed E-state index contributed by atoms with van der Waals surface area (Å²) in [5.74, 6) is 0.554. The molecule has 2 unspecified atom stereocenters. The molecule has 2 N–H and O–H groups in total. The molecule has 1 heterocycles. The smallest absolute Gasteiger partial charge is 0.254 e. The van der Waals surface area contributed by atoms with Crippen molar-refractivity contribution in [1.29, 1.82) is 0 Å². The number of amides is 1. The molecule has 5 heteroatoms. The summed E-state index contributed by atoms with van der Waals surface area (Å²) in [6.07, 6.45) is 1.01. The van der Waals surface area contributed by atoms with Crippen LogP contribution in [-0.4, -0.2) is 29.9 Å². The lowest BCUT2D eigenvalue weighted by Crippen LogP contribution is -2.33. The van der Waals surface area contributed by atoms with Gasteiger partial charge in [-0.15, -0.1) is 12.4 Å². The minimum absolute atomic E-state index is 0. The Labute approximate surface area is 129 Å². The van der Waals surface area contributed by atoms with Crippen molar-refractivity contribution in [3.05, 3.63) is 33.8 Å². The Bertz CT molecular complexity index is 465. The average molecular weight is 348 g/mol. The van der Waals surface area contributed by atoms with Gasteiger partial charge in [-0.25, -0.2) is 0 Å². The second-order valence-electron chi connectivity index (χ2n) is 5.12. The molecule has 2 rings (SSSR count). The second kappa shape index (κ2) is 6.73. The number of benzene rings is 1. The van der Waals surface area contributed by atoms with Gasteiger partial charge in [-0.3, -0.25) is 4.79 Å². The lowest BCUT2D eigenvalue weighted by molar-refractivity contribution is 0.0785. The van der Waals surface area contributed by atoms with Crippen molar-refractivity contribution in [2.45, 2.75) is 26.3 Å². The van der Waals surface area contributed by atoms with Gasteiger partial charge in [0.1, 0.15) is 0 Å². The van der Waals surface area contributed by atoms with Crippen LogP contribution < -0.4 is 5.73 Å². The van der Waals surface area contributed by atoms with Crippen LogP contribution in [0.3, 0.4) is 0 Å². The van der Waals surface area contributed by atoms with Crippen LogP contribution in [0.1, 0.15) is 29.3 Å². The van der Waals surface area contributed by atoms with Crippen molar-refractivity contribution in [1.82, 2.24) is 4.90 Å². The van der Waals surface area contributed by atoms with Gasteiger partial charge in [-0.05, 0) is 43.9 Å². The summed E-state index contributed by atoms with van der Waals surface area (Å²) in [4.78, 5) is 14.4. The van der Waals surface area contributed by atoms with E-state index in [-0.39, 0.29) is 24.4 Å². The molecule has 0 spiro atoms. The van der Waals surface area contributed by atoms with Gasteiger partial charge in [-0.1, -0.05) is 22.0 Å². The van der Waals surface area contributed by atoms with E-state index in [2.05, 4.69) is 15.9 Å². The third-order valence-corrected chi connectivity index (χ3v) is 4.18. The summed E-state index contributed by atoms with van der Waals surface area (Å²) in [6, 6.07) is 5.99. The van der Waals surface area contributed by atoms with E-state index in [1.54, 1.807) is 0 Å². The highest BCUT2D eigenvalue weighted by Crippen LogP contribution is 2.23. The molecule has 19 heavy (non-hydrogen) atoms. The van der Waals surface area contributed by atoms with Crippen LogP contribution in [0, 0.1) is 12.8 Å². The number of carbonyl (C=O) groups is 1. The molecule has 0 aromatic heterocycles. The number of hydrogen-bond acceptors (Lipinski definition) is 2. The zero-order valence-electron chi connectivity index (χ0n) is 11.2. The molecule has 0 bridgehead atoms. The molecule has 1 fully saturated rings. The zero-order valence-corrected chi connectivity index (χ0v) is 13.6. The van der Waals surface area contributed by atoms with Crippen molar-refractivity contribution in [3.63, 3.8) is 0 Å². The van der Waals surface area contributed by atoms with Crippen LogP contribution >= 0.6 is 28.3 Å². The predicted molar refractivity (Wildman–Crippen MR) is 83.8 cm³/mol. The quantitative estimate of drug-likeness (QED) is 0.894. The molecule has 1 aromatic rings. The van der Waals surface area contributed by atoms with Gasteiger partial charge in [-0.2, -0.15) is 0 Å². The molecule has 0 saturated carbocycles. The lowest BCUT2D eigenvalue weighted by atomic mass is 10.0. The monoisotopic (exact) mass is 346 g/mol. The molecule has 0 aliphatic carbocycles. The standard InChI is InChI=1S/C14H19BrN2O.ClH/c1-9-3-4-12(15)7-13(9)14(18)17-6-5-11(8-17)10(2)16;/h3-4,7,10-11H,5-6,8,16H2,1-2H3;1H. The van der Waals surface area contributed by atoms with E-state index in [4.69, 9.17) is 5.73 Å². The highest BCUT2D eigenvalue weighted by molar-refractivity contribution is 9.10.